The molecule has 2 saturated heterocycles. The highest BCUT2D eigenvalue weighted by atomic mass is 16.5. The topological polar surface area (TPSA) is 46.2 Å². The standard InChI is InChI=1S/C34H43N3O3/c1-38-18-5-16-37-17-19-39-33-13-10-27(20-32(33)37)25-40-34-21-35-15-14-31(34)29-11-8-26(9-12-29)22-36-23-30(24-36)28-6-3-2-4-7-28/h2-4,6-13,20,30-31,34-35H,5,14-19,21-25H2,1H3. The third-order valence-electron chi connectivity index (χ3n) is 8.69. The van der Waals surface area contributed by atoms with Gasteiger partial charge in [-0.2, -0.15) is 0 Å². The van der Waals surface area contributed by atoms with E-state index in [0.29, 0.717) is 18.4 Å². The molecule has 0 amide bonds. The van der Waals surface area contributed by atoms with E-state index in [9.17, 15) is 0 Å². The van der Waals surface area contributed by atoms with Gasteiger partial charge >= 0.3 is 0 Å². The fraction of sp³-hybridized carbons (Fsp3) is 0.471. The van der Waals surface area contributed by atoms with Gasteiger partial charge in [-0.05, 0) is 53.8 Å². The Morgan fingerprint density at radius 1 is 0.950 bits per heavy atom. The van der Waals surface area contributed by atoms with E-state index in [1.54, 1.807) is 7.11 Å². The van der Waals surface area contributed by atoms with Gasteiger partial charge in [0.05, 0.1) is 24.9 Å². The number of nitrogens with zero attached hydrogens (tertiary/aromatic N) is 2. The largest absolute Gasteiger partial charge is 0.490 e. The zero-order valence-corrected chi connectivity index (χ0v) is 23.8. The quantitative estimate of drug-likeness (QED) is 0.338. The highest BCUT2D eigenvalue weighted by Crippen LogP contribution is 2.34. The molecule has 6 nitrogen and oxygen atoms in total. The first-order valence-electron chi connectivity index (χ1n) is 14.9. The van der Waals surface area contributed by atoms with Crippen LogP contribution < -0.4 is 15.0 Å². The average molecular weight is 542 g/mol. The van der Waals surface area contributed by atoms with Gasteiger partial charge in [-0.25, -0.2) is 0 Å². The van der Waals surface area contributed by atoms with Crippen molar-refractivity contribution in [2.45, 2.75) is 43.9 Å². The Balaban J connectivity index is 1.04. The van der Waals surface area contributed by atoms with Crippen molar-refractivity contribution < 1.29 is 14.2 Å². The van der Waals surface area contributed by atoms with Gasteiger partial charge in [-0.3, -0.25) is 4.90 Å². The molecule has 6 heteroatoms. The Morgan fingerprint density at radius 2 is 1.77 bits per heavy atom. The summed E-state index contributed by atoms with van der Waals surface area (Å²) in [6, 6.07) is 26.7. The van der Waals surface area contributed by atoms with Gasteiger partial charge < -0.3 is 24.4 Å². The van der Waals surface area contributed by atoms with Crippen molar-refractivity contribution in [3.05, 3.63) is 95.1 Å². The first kappa shape index (κ1) is 27.3. The Kier molecular flexibility index (Phi) is 8.99. The average Bonchev–Trinajstić information content (AvgIpc) is 2.99. The molecular weight excluding hydrogens is 498 g/mol. The maximum Gasteiger partial charge on any atom is 0.142 e. The number of methoxy groups -OCH3 is 1. The molecular formula is C34H43N3O3. The van der Waals surface area contributed by atoms with Crippen molar-refractivity contribution in [2.24, 2.45) is 0 Å². The molecule has 2 fully saturated rings. The summed E-state index contributed by atoms with van der Waals surface area (Å²) in [5.74, 6) is 2.06. The first-order valence-corrected chi connectivity index (χ1v) is 14.9. The van der Waals surface area contributed by atoms with Crippen LogP contribution in [-0.4, -0.2) is 70.6 Å². The van der Waals surface area contributed by atoms with Gasteiger partial charge in [0.2, 0.25) is 0 Å². The van der Waals surface area contributed by atoms with E-state index in [0.717, 1.165) is 77.6 Å². The summed E-state index contributed by atoms with van der Waals surface area (Å²) in [7, 11) is 1.76. The van der Waals surface area contributed by atoms with Gasteiger partial charge in [-0.1, -0.05) is 60.7 Å². The fourth-order valence-corrected chi connectivity index (χ4v) is 6.39. The molecule has 3 aromatic rings. The lowest BCUT2D eigenvalue weighted by Crippen LogP contribution is -2.44. The molecule has 0 aliphatic carbocycles. The van der Waals surface area contributed by atoms with Crippen LogP contribution in [0.5, 0.6) is 5.75 Å². The highest BCUT2D eigenvalue weighted by molar-refractivity contribution is 5.61. The molecule has 3 aliphatic rings. The Bertz CT molecular complexity index is 1210. The van der Waals surface area contributed by atoms with Gasteiger partial charge in [0.1, 0.15) is 12.4 Å². The van der Waals surface area contributed by atoms with E-state index in [-0.39, 0.29) is 6.10 Å². The summed E-state index contributed by atoms with van der Waals surface area (Å²) < 4.78 is 17.8. The number of hydrogen-bond acceptors (Lipinski definition) is 6. The number of likely N-dealkylation sites (tertiary alicyclic amines) is 1. The van der Waals surface area contributed by atoms with Crippen LogP contribution in [0.2, 0.25) is 0 Å². The number of rotatable bonds is 11. The lowest BCUT2D eigenvalue weighted by molar-refractivity contribution is 0.0106. The molecule has 0 aromatic heterocycles. The van der Waals surface area contributed by atoms with Crippen LogP contribution in [0, 0.1) is 0 Å². The van der Waals surface area contributed by atoms with Gasteiger partial charge in [0.15, 0.2) is 0 Å². The third kappa shape index (κ3) is 6.52. The maximum absolute atomic E-state index is 6.59. The summed E-state index contributed by atoms with van der Waals surface area (Å²) in [6.45, 7) is 9.26. The summed E-state index contributed by atoms with van der Waals surface area (Å²) in [5, 5.41) is 3.56. The molecule has 3 aromatic carbocycles. The van der Waals surface area contributed by atoms with E-state index in [1.807, 2.05) is 0 Å². The van der Waals surface area contributed by atoms with Crippen LogP contribution in [0.25, 0.3) is 0 Å². The molecule has 0 saturated carbocycles. The summed E-state index contributed by atoms with van der Waals surface area (Å²) >= 11 is 0. The van der Waals surface area contributed by atoms with E-state index < -0.39 is 0 Å². The molecule has 212 valence electrons. The predicted octanol–water partition coefficient (Wildman–Crippen LogP) is 5.18. The van der Waals surface area contributed by atoms with Crippen molar-refractivity contribution in [3.63, 3.8) is 0 Å². The van der Waals surface area contributed by atoms with Crippen molar-refractivity contribution in [1.82, 2.24) is 10.2 Å². The van der Waals surface area contributed by atoms with Crippen LogP contribution in [-0.2, 0) is 22.6 Å². The van der Waals surface area contributed by atoms with E-state index in [4.69, 9.17) is 14.2 Å². The third-order valence-corrected chi connectivity index (χ3v) is 8.69. The molecule has 2 atom stereocenters. The number of anilines is 1. The molecule has 0 radical (unpaired) electrons. The number of piperidine rings is 1. The molecule has 1 N–H and O–H groups in total. The molecule has 0 bridgehead atoms. The van der Waals surface area contributed by atoms with Crippen molar-refractivity contribution in [2.75, 3.05) is 64.5 Å². The van der Waals surface area contributed by atoms with Crippen molar-refractivity contribution in [3.8, 4) is 5.75 Å². The number of hydrogen-bond donors (Lipinski definition) is 1. The molecule has 40 heavy (non-hydrogen) atoms. The zero-order chi connectivity index (χ0) is 27.1. The van der Waals surface area contributed by atoms with E-state index in [2.05, 4.69) is 87.9 Å². The minimum absolute atomic E-state index is 0.159. The zero-order valence-electron chi connectivity index (χ0n) is 23.8. The van der Waals surface area contributed by atoms with Gasteiger partial charge in [-0.15, -0.1) is 0 Å². The molecule has 0 spiro atoms. The smallest absolute Gasteiger partial charge is 0.142 e. The Hall–Kier alpha value is -2.90. The maximum atomic E-state index is 6.59. The number of ether oxygens (including phenoxy) is 3. The van der Waals surface area contributed by atoms with Crippen molar-refractivity contribution >= 4 is 5.69 Å². The van der Waals surface area contributed by atoms with Crippen LogP contribution in [0.4, 0.5) is 5.69 Å². The van der Waals surface area contributed by atoms with Gasteiger partial charge in [0.25, 0.3) is 0 Å². The molecule has 3 aliphatic heterocycles. The normalized spacial score (nSPS) is 21.5. The summed E-state index contributed by atoms with van der Waals surface area (Å²) in [6.07, 6.45) is 2.27. The second-order valence-electron chi connectivity index (χ2n) is 11.5. The fourth-order valence-electron chi connectivity index (χ4n) is 6.39. The number of benzene rings is 3. The number of fused-ring (bicyclic) bond motifs is 1. The Labute approximate surface area is 239 Å². The lowest BCUT2D eigenvalue weighted by atomic mass is 9.87. The SMILES string of the molecule is COCCCN1CCOc2ccc(COC3CNCCC3c3ccc(CN4CC(c5ccccc5)C4)cc3)cc21. The minimum Gasteiger partial charge on any atom is -0.490 e. The van der Waals surface area contributed by atoms with Crippen LogP contribution >= 0.6 is 0 Å². The van der Waals surface area contributed by atoms with Crippen LogP contribution in [0.15, 0.2) is 72.8 Å². The lowest BCUT2D eigenvalue weighted by Gasteiger charge is -2.39. The molecule has 2 unspecified atom stereocenters. The van der Waals surface area contributed by atoms with E-state index in [1.165, 1.54) is 27.9 Å². The molecule has 3 heterocycles. The van der Waals surface area contributed by atoms with Gasteiger partial charge in [0, 0.05) is 58.3 Å². The second kappa shape index (κ2) is 13.2. The molecule has 6 rings (SSSR count). The first-order chi connectivity index (χ1) is 19.8. The van der Waals surface area contributed by atoms with E-state index >= 15 is 0 Å². The predicted molar refractivity (Wildman–Crippen MR) is 160 cm³/mol. The monoisotopic (exact) mass is 541 g/mol. The number of nitrogens with one attached hydrogen (secondary N) is 1. The highest BCUT2D eigenvalue weighted by Gasteiger charge is 2.29. The Morgan fingerprint density at radius 3 is 2.60 bits per heavy atom. The summed E-state index contributed by atoms with van der Waals surface area (Å²) in [5.41, 5.74) is 6.63. The van der Waals surface area contributed by atoms with Crippen LogP contribution in [0.3, 0.4) is 0 Å². The minimum atomic E-state index is 0.159. The van der Waals surface area contributed by atoms with Crippen molar-refractivity contribution in [1.29, 1.82) is 0 Å². The second-order valence-corrected chi connectivity index (χ2v) is 11.5. The van der Waals surface area contributed by atoms with Crippen LogP contribution in [0.1, 0.15) is 46.9 Å². The summed E-state index contributed by atoms with van der Waals surface area (Å²) in [4.78, 5) is 4.96.